The second-order valence-electron chi connectivity index (χ2n) is 26.0. The first-order valence-electron chi connectivity index (χ1n) is 37.7. The van der Waals surface area contributed by atoms with E-state index in [0.29, 0.717) is 25.9 Å². The molecular weight excluding hydrogens is 1020 g/mol. The van der Waals surface area contributed by atoms with Gasteiger partial charge in [0.25, 0.3) is 0 Å². The number of carbonyl (C=O) groups is 2. The summed E-state index contributed by atoms with van der Waals surface area (Å²) >= 11 is 0. The first kappa shape index (κ1) is 81.1. The van der Waals surface area contributed by atoms with Gasteiger partial charge in [0.05, 0.1) is 25.4 Å². The first-order chi connectivity index (χ1) is 41.0. The number of unbranched alkanes of at least 4 members (excludes halogenated alkanes) is 54. The first-order valence-corrected chi connectivity index (χ1v) is 37.7. The number of allylic oxidation sites excluding steroid dienone is 6. The number of ether oxygens (including phenoxy) is 1. The van der Waals surface area contributed by atoms with Gasteiger partial charge in [0.15, 0.2) is 0 Å². The Bertz CT molecular complexity index is 1340. The SMILES string of the molecule is CCCCCCCC/C=C\CCCCCCCCCC(=O)OCCCCCCCCCCCCC/C=C\C/C=C\CCCCCCCCCCCCCCCCCCCC(=O)NC(CO)C(O)CCCCCCCCCCCCCCCC. The minimum absolute atomic E-state index is 0.0140. The smallest absolute Gasteiger partial charge is 0.305 e. The summed E-state index contributed by atoms with van der Waals surface area (Å²) in [6, 6.07) is -0.539. The van der Waals surface area contributed by atoms with Crippen LogP contribution in [0.25, 0.3) is 0 Å². The molecule has 0 bridgehead atoms. The lowest BCUT2D eigenvalue weighted by Gasteiger charge is -2.22. The monoisotopic (exact) mass is 1170 g/mol. The van der Waals surface area contributed by atoms with Gasteiger partial charge in [0.2, 0.25) is 5.91 Å². The number of aliphatic hydroxyl groups is 2. The van der Waals surface area contributed by atoms with E-state index in [1.54, 1.807) is 0 Å². The lowest BCUT2D eigenvalue weighted by molar-refractivity contribution is -0.143. The third-order valence-corrected chi connectivity index (χ3v) is 17.7. The van der Waals surface area contributed by atoms with Crippen LogP contribution < -0.4 is 5.32 Å². The van der Waals surface area contributed by atoms with Crippen molar-refractivity contribution >= 4 is 11.9 Å². The van der Waals surface area contributed by atoms with E-state index in [4.69, 9.17) is 4.74 Å². The molecular formula is C77H147NO5. The van der Waals surface area contributed by atoms with Crippen molar-refractivity contribution < 1.29 is 24.5 Å². The van der Waals surface area contributed by atoms with E-state index < -0.39 is 12.1 Å². The molecule has 2 atom stereocenters. The van der Waals surface area contributed by atoms with Crippen LogP contribution >= 0.6 is 0 Å². The zero-order valence-corrected chi connectivity index (χ0v) is 56.2. The second-order valence-corrected chi connectivity index (χ2v) is 26.0. The molecule has 0 aliphatic heterocycles. The maximum atomic E-state index is 12.5. The highest BCUT2D eigenvalue weighted by Gasteiger charge is 2.20. The molecule has 490 valence electrons. The van der Waals surface area contributed by atoms with Gasteiger partial charge in [-0.15, -0.1) is 0 Å². The topological polar surface area (TPSA) is 95.9 Å². The normalized spacial score (nSPS) is 12.7. The van der Waals surface area contributed by atoms with Gasteiger partial charge < -0.3 is 20.3 Å². The van der Waals surface area contributed by atoms with Crippen LogP contribution in [0.5, 0.6) is 0 Å². The highest BCUT2D eigenvalue weighted by molar-refractivity contribution is 5.76. The maximum absolute atomic E-state index is 12.5. The summed E-state index contributed by atoms with van der Waals surface area (Å²) in [5.74, 6) is -0.0162. The molecule has 0 saturated carbocycles. The molecule has 2 unspecified atom stereocenters. The maximum Gasteiger partial charge on any atom is 0.305 e. The Kier molecular flexibility index (Phi) is 70.9. The van der Waals surface area contributed by atoms with Crippen LogP contribution in [0.4, 0.5) is 0 Å². The molecule has 6 nitrogen and oxygen atoms in total. The lowest BCUT2D eigenvalue weighted by Crippen LogP contribution is -2.45. The lowest BCUT2D eigenvalue weighted by atomic mass is 10.0. The summed E-state index contributed by atoms with van der Waals surface area (Å²) in [6.45, 7) is 4.98. The van der Waals surface area contributed by atoms with Crippen molar-refractivity contribution in [3.05, 3.63) is 36.5 Å². The van der Waals surface area contributed by atoms with E-state index in [1.165, 1.54) is 334 Å². The molecule has 83 heavy (non-hydrogen) atoms. The predicted molar refractivity (Wildman–Crippen MR) is 366 cm³/mol. The molecule has 0 aromatic carbocycles. The molecule has 1 amide bonds. The summed E-state index contributed by atoms with van der Waals surface area (Å²) in [7, 11) is 0. The van der Waals surface area contributed by atoms with Crippen LogP contribution in [0.15, 0.2) is 36.5 Å². The number of esters is 1. The van der Waals surface area contributed by atoms with Crippen LogP contribution in [-0.2, 0) is 14.3 Å². The molecule has 0 saturated heterocycles. The molecule has 0 rings (SSSR count). The van der Waals surface area contributed by atoms with Gasteiger partial charge in [-0.3, -0.25) is 9.59 Å². The van der Waals surface area contributed by atoms with Crippen molar-refractivity contribution in [2.45, 2.75) is 431 Å². The molecule has 6 heteroatoms. The van der Waals surface area contributed by atoms with Gasteiger partial charge in [0.1, 0.15) is 0 Å². The molecule has 0 aliphatic carbocycles. The van der Waals surface area contributed by atoms with Crippen LogP contribution in [0.3, 0.4) is 0 Å². The Morgan fingerprint density at radius 3 is 0.928 bits per heavy atom. The van der Waals surface area contributed by atoms with Crippen molar-refractivity contribution in [1.82, 2.24) is 5.32 Å². The van der Waals surface area contributed by atoms with E-state index >= 15 is 0 Å². The van der Waals surface area contributed by atoms with Gasteiger partial charge in [-0.1, -0.05) is 359 Å². The molecule has 0 fully saturated rings. The Morgan fingerprint density at radius 2 is 0.602 bits per heavy atom. The van der Waals surface area contributed by atoms with Crippen LogP contribution in [0.1, 0.15) is 418 Å². The van der Waals surface area contributed by atoms with E-state index in [1.807, 2.05) is 0 Å². The van der Waals surface area contributed by atoms with Gasteiger partial charge in [0, 0.05) is 12.8 Å². The molecule has 3 N–H and O–H groups in total. The third kappa shape index (κ3) is 69.1. The van der Waals surface area contributed by atoms with Gasteiger partial charge >= 0.3 is 5.97 Å². The number of hydrogen-bond acceptors (Lipinski definition) is 5. The van der Waals surface area contributed by atoms with Crippen LogP contribution in [0, 0.1) is 0 Å². The van der Waals surface area contributed by atoms with Crippen LogP contribution in [0.2, 0.25) is 0 Å². The summed E-state index contributed by atoms with van der Waals surface area (Å²) < 4.78 is 5.50. The zero-order chi connectivity index (χ0) is 59.9. The van der Waals surface area contributed by atoms with E-state index in [2.05, 4.69) is 55.6 Å². The zero-order valence-electron chi connectivity index (χ0n) is 56.2. The van der Waals surface area contributed by atoms with Gasteiger partial charge in [-0.2, -0.15) is 0 Å². The van der Waals surface area contributed by atoms with Crippen molar-refractivity contribution in [3.8, 4) is 0 Å². The summed E-state index contributed by atoms with van der Waals surface area (Å²) in [4.78, 5) is 24.6. The fourth-order valence-corrected chi connectivity index (χ4v) is 11.9. The average Bonchev–Trinajstić information content (AvgIpc) is 3.49. The van der Waals surface area contributed by atoms with Gasteiger partial charge in [-0.25, -0.2) is 0 Å². The molecule has 0 spiro atoms. The van der Waals surface area contributed by atoms with Crippen molar-refractivity contribution in [2.75, 3.05) is 13.2 Å². The largest absolute Gasteiger partial charge is 0.466 e. The number of carbonyl (C=O) groups excluding carboxylic acids is 2. The minimum Gasteiger partial charge on any atom is -0.466 e. The number of hydrogen-bond donors (Lipinski definition) is 3. The molecule has 0 heterocycles. The fourth-order valence-electron chi connectivity index (χ4n) is 11.9. The average molecular weight is 1170 g/mol. The summed E-state index contributed by atoms with van der Waals surface area (Å²) in [5.41, 5.74) is 0. The predicted octanol–water partition coefficient (Wildman–Crippen LogP) is 24.7. The van der Waals surface area contributed by atoms with Crippen molar-refractivity contribution in [2.24, 2.45) is 0 Å². The number of rotatable bonds is 71. The Labute approximate surface area is 519 Å². The molecule has 0 radical (unpaired) electrons. The molecule has 0 aromatic rings. The minimum atomic E-state index is -0.662. The van der Waals surface area contributed by atoms with Crippen molar-refractivity contribution in [1.29, 1.82) is 0 Å². The molecule has 0 aromatic heterocycles. The fraction of sp³-hybridized carbons (Fsp3) is 0.896. The van der Waals surface area contributed by atoms with E-state index in [9.17, 15) is 19.8 Å². The molecule has 0 aliphatic rings. The summed E-state index contributed by atoms with van der Waals surface area (Å²) in [6.07, 6.45) is 93.6. The Hall–Kier alpha value is -1.92. The number of nitrogens with one attached hydrogen (secondary N) is 1. The van der Waals surface area contributed by atoms with E-state index in [-0.39, 0.29) is 18.5 Å². The number of amides is 1. The van der Waals surface area contributed by atoms with Crippen molar-refractivity contribution in [3.63, 3.8) is 0 Å². The quantitative estimate of drug-likeness (QED) is 0.0320. The van der Waals surface area contributed by atoms with E-state index in [0.717, 1.165) is 51.4 Å². The van der Waals surface area contributed by atoms with Gasteiger partial charge in [-0.05, 0) is 83.5 Å². The Morgan fingerprint density at radius 1 is 0.337 bits per heavy atom. The Balaban J connectivity index is 3.35. The van der Waals surface area contributed by atoms with Crippen LogP contribution in [-0.4, -0.2) is 47.4 Å². The highest BCUT2D eigenvalue weighted by atomic mass is 16.5. The number of aliphatic hydroxyl groups excluding tert-OH is 2. The second kappa shape index (κ2) is 72.6. The standard InChI is InChI=1S/C77H147NO5/c1-3-5-7-9-11-13-15-17-19-39-43-47-51-55-59-63-67-71-77(82)83-72-68-64-60-56-52-48-44-41-38-36-34-32-30-28-26-24-22-20-21-23-25-27-29-31-33-35-37-40-42-46-50-54-58-62-66-70-76(81)78-74(73-79)75(80)69-65-61-57-53-49-45-18-16-14-12-10-8-6-4-2/h17,19,22,24,28,30,74-75,79-80H,3-16,18,20-21,23,25-27,29,31-73H2,1-2H3,(H,78,81)/b19-17-,24-22-,30-28-. The highest BCUT2D eigenvalue weighted by Crippen LogP contribution is 2.19. The third-order valence-electron chi connectivity index (χ3n) is 17.7. The summed E-state index contributed by atoms with van der Waals surface area (Å²) in [5, 5.41) is 23.3.